The molecule has 1 heterocycles. The lowest BCUT2D eigenvalue weighted by atomic mass is 10.1. The minimum absolute atomic E-state index is 0.122. The quantitative estimate of drug-likeness (QED) is 0.664. The van der Waals surface area contributed by atoms with E-state index < -0.39 is 15.9 Å². The summed E-state index contributed by atoms with van der Waals surface area (Å²) in [4.78, 5) is 13.1. The summed E-state index contributed by atoms with van der Waals surface area (Å²) in [7, 11) is -0.654. The first-order valence-electron chi connectivity index (χ1n) is 10.2. The van der Waals surface area contributed by atoms with Crippen LogP contribution in [0.4, 0.5) is 5.69 Å². The lowest BCUT2D eigenvalue weighted by Gasteiger charge is -2.26. The predicted octanol–water partition coefficient (Wildman–Crippen LogP) is 3.53. The number of ether oxygens (including phenoxy) is 3. The van der Waals surface area contributed by atoms with Crippen LogP contribution in [-0.2, 0) is 10.0 Å². The van der Waals surface area contributed by atoms with Crippen LogP contribution in [0.3, 0.4) is 0 Å². The molecule has 1 saturated heterocycles. The van der Waals surface area contributed by atoms with E-state index in [0.717, 1.165) is 19.3 Å². The molecule has 0 aliphatic carbocycles. The van der Waals surface area contributed by atoms with E-state index in [0.29, 0.717) is 42.5 Å². The molecule has 1 amide bonds. The van der Waals surface area contributed by atoms with Crippen molar-refractivity contribution in [3.8, 4) is 17.2 Å². The Morgan fingerprint density at radius 3 is 2.23 bits per heavy atom. The first kappa shape index (κ1) is 22.9. The number of hydrogen-bond donors (Lipinski definition) is 1. The van der Waals surface area contributed by atoms with Crippen LogP contribution in [0.2, 0.25) is 0 Å². The molecule has 2 aromatic rings. The molecule has 0 radical (unpaired) electrons. The molecule has 0 bridgehead atoms. The molecule has 3 rings (SSSR count). The normalized spacial score (nSPS) is 14.7. The zero-order valence-corrected chi connectivity index (χ0v) is 18.8. The van der Waals surface area contributed by atoms with Gasteiger partial charge in [-0.15, -0.1) is 0 Å². The van der Waals surface area contributed by atoms with Crippen molar-refractivity contribution in [3.63, 3.8) is 0 Å². The Morgan fingerprint density at radius 2 is 1.65 bits per heavy atom. The second-order valence-electron chi connectivity index (χ2n) is 7.11. The van der Waals surface area contributed by atoms with Crippen molar-refractivity contribution in [1.29, 1.82) is 0 Å². The Bertz CT molecular complexity index is 1010. The molecule has 0 saturated carbocycles. The molecule has 9 heteroatoms. The Labute approximate surface area is 183 Å². The fraction of sp³-hybridized carbons (Fsp3) is 0.409. The second kappa shape index (κ2) is 10.0. The fourth-order valence-electron chi connectivity index (χ4n) is 3.44. The van der Waals surface area contributed by atoms with E-state index in [-0.39, 0.29) is 10.6 Å². The van der Waals surface area contributed by atoms with Gasteiger partial charge in [0, 0.05) is 24.7 Å². The standard InChI is InChI=1S/C22H28N2O6S/c1-4-30-21-9-8-19(31(26,27)24-10-6-5-7-11-24)15-20(21)23-22(25)16-12-17(28-2)14-18(13-16)29-3/h8-9,12-15H,4-7,10-11H2,1-3H3,(H,23,25). The van der Waals surface area contributed by atoms with Gasteiger partial charge in [-0.1, -0.05) is 6.42 Å². The number of sulfonamides is 1. The van der Waals surface area contributed by atoms with E-state index in [1.165, 1.54) is 30.7 Å². The maximum Gasteiger partial charge on any atom is 0.256 e. The van der Waals surface area contributed by atoms with E-state index in [1.54, 1.807) is 24.3 Å². The summed E-state index contributed by atoms with van der Waals surface area (Å²) in [6.45, 7) is 3.19. The van der Waals surface area contributed by atoms with E-state index in [1.807, 2.05) is 6.92 Å². The number of methoxy groups -OCH3 is 2. The third-order valence-corrected chi connectivity index (χ3v) is 6.96. The summed E-state index contributed by atoms with van der Waals surface area (Å²) < 4.78 is 43.7. The van der Waals surface area contributed by atoms with Crippen LogP contribution in [0.15, 0.2) is 41.3 Å². The van der Waals surface area contributed by atoms with Crippen LogP contribution < -0.4 is 19.5 Å². The first-order valence-corrected chi connectivity index (χ1v) is 11.6. The summed E-state index contributed by atoms with van der Waals surface area (Å²) >= 11 is 0. The second-order valence-corrected chi connectivity index (χ2v) is 9.05. The average Bonchev–Trinajstić information content (AvgIpc) is 2.80. The smallest absolute Gasteiger partial charge is 0.256 e. The van der Waals surface area contributed by atoms with Gasteiger partial charge < -0.3 is 19.5 Å². The monoisotopic (exact) mass is 448 g/mol. The van der Waals surface area contributed by atoms with Crippen LogP contribution in [0.25, 0.3) is 0 Å². The molecule has 8 nitrogen and oxygen atoms in total. The van der Waals surface area contributed by atoms with Crippen molar-refractivity contribution in [2.75, 3.05) is 39.2 Å². The third kappa shape index (κ3) is 5.29. The number of carbonyl (C=O) groups excluding carboxylic acids is 1. The number of benzene rings is 2. The van der Waals surface area contributed by atoms with Crippen LogP contribution in [0.5, 0.6) is 17.2 Å². The van der Waals surface area contributed by atoms with Crippen molar-refractivity contribution in [3.05, 3.63) is 42.0 Å². The van der Waals surface area contributed by atoms with Gasteiger partial charge in [0.15, 0.2) is 0 Å². The zero-order valence-electron chi connectivity index (χ0n) is 18.0. The number of piperidine rings is 1. The van der Waals surface area contributed by atoms with Gasteiger partial charge >= 0.3 is 0 Å². The molecule has 0 spiro atoms. The lowest BCUT2D eigenvalue weighted by molar-refractivity contribution is 0.102. The number of carbonyl (C=O) groups is 1. The van der Waals surface area contributed by atoms with Gasteiger partial charge in [0.2, 0.25) is 10.0 Å². The van der Waals surface area contributed by atoms with Gasteiger partial charge in [-0.25, -0.2) is 8.42 Å². The molecule has 0 unspecified atom stereocenters. The van der Waals surface area contributed by atoms with Crippen molar-refractivity contribution in [2.45, 2.75) is 31.1 Å². The fourth-order valence-corrected chi connectivity index (χ4v) is 4.98. The Morgan fingerprint density at radius 1 is 1.00 bits per heavy atom. The highest BCUT2D eigenvalue weighted by molar-refractivity contribution is 7.89. The third-order valence-electron chi connectivity index (χ3n) is 5.07. The minimum atomic E-state index is -3.65. The number of nitrogens with zero attached hydrogens (tertiary/aromatic N) is 1. The molecular formula is C22H28N2O6S. The summed E-state index contributed by atoms with van der Waals surface area (Å²) in [5.41, 5.74) is 0.592. The molecule has 1 fully saturated rings. The summed E-state index contributed by atoms with van der Waals surface area (Å²) in [5.74, 6) is 0.890. The largest absolute Gasteiger partial charge is 0.497 e. The lowest BCUT2D eigenvalue weighted by Crippen LogP contribution is -2.35. The van der Waals surface area contributed by atoms with Crippen LogP contribution in [0.1, 0.15) is 36.5 Å². The molecule has 31 heavy (non-hydrogen) atoms. The van der Waals surface area contributed by atoms with Gasteiger partial charge in [0.25, 0.3) is 5.91 Å². The Balaban J connectivity index is 1.94. The number of amides is 1. The molecule has 1 aliphatic rings. The summed E-state index contributed by atoms with van der Waals surface area (Å²) in [6.07, 6.45) is 2.72. The van der Waals surface area contributed by atoms with E-state index >= 15 is 0 Å². The van der Waals surface area contributed by atoms with Crippen LogP contribution in [-0.4, -0.2) is 52.5 Å². The van der Waals surface area contributed by atoms with Gasteiger partial charge in [-0.05, 0) is 50.1 Å². The minimum Gasteiger partial charge on any atom is -0.497 e. The van der Waals surface area contributed by atoms with Crippen LogP contribution >= 0.6 is 0 Å². The number of rotatable bonds is 8. The molecule has 0 aromatic heterocycles. The maximum atomic E-state index is 13.1. The first-order chi connectivity index (χ1) is 14.9. The molecular weight excluding hydrogens is 420 g/mol. The van der Waals surface area contributed by atoms with E-state index in [9.17, 15) is 13.2 Å². The average molecular weight is 449 g/mol. The molecule has 1 aliphatic heterocycles. The Kier molecular flexibility index (Phi) is 7.40. The molecule has 1 N–H and O–H groups in total. The number of hydrogen-bond acceptors (Lipinski definition) is 6. The summed E-state index contributed by atoms with van der Waals surface area (Å²) in [6, 6.07) is 9.35. The summed E-state index contributed by atoms with van der Waals surface area (Å²) in [5, 5.41) is 2.77. The predicted molar refractivity (Wildman–Crippen MR) is 118 cm³/mol. The van der Waals surface area contributed by atoms with Gasteiger partial charge in [0.05, 0.1) is 31.4 Å². The van der Waals surface area contributed by atoms with E-state index in [4.69, 9.17) is 14.2 Å². The Hall–Kier alpha value is -2.78. The highest BCUT2D eigenvalue weighted by Crippen LogP contribution is 2.31. The number of nitrogens with one attached hydrogen (secondary N) is 1. The molecule has 0 atom stereocenters. The highest BCUT2D eigenvalue weighted by atomic mass is 32.2. The highest BCUT2D eigenvalue weighted by Gasteiger charge is 2.27. The van der Waals surface area contributed by atoms with Gasteiger partial charge in [-0.2, -0.15) is 4.31 Å². The molecule has 2 aromatic carbocycles. The van der Waals surface area contributed by atoms with Crippen molar-refractivity contribution in [1.82, 2.24) is 4.31 Å². The van der Waals surface area contributed by atoms with Crippen molar-refractivity contribution < 1.29 is 27.4 Å². The topological polar surface area (TPSA) is 94.2 Å². The SMILES string of the molecule is CCOc1ccc(S(=O)(=O)N2CCCCC2)cc1NC(=O)c1cc(OC)cc(OC)c1. The number of anilines is 1. The van der Waals surface area contributed by atoms with E-state index in [2.05, 4.69) is 5.32 Å². The van der Waals surface area contributed by atoms with Crippen molar-refractivity contribution in [2.24, 2.45) is 0 Å². The van der Waals surface area contributed by atoms with Gasteiger partial charge in [-0.3, -0.25) is 4.79 Å². The zero-order chi connectivity index (χ0) is 22.4. The van der Waals surface area contributed by atoms with Crippen molar-refractivity contribution >= 4 is 21.6 Å². The maximum absolute atomic E-state index is 13.1. The van der Waals surface area contributed by atoms with Crippen LogP contribution in [0, 0.1) is 0 Å². The molecule has 168 valence electrons. The van der Waals surface area contributed by atoms with Gasteiger partial charge in [0.1, 0.15) is 17.2 Å².